The molecule has 25 heavy (non-hydrogen) atoms. The predicted octanol–water partition coefficient (Wildman–Crippen LogP) is 2.29. The third-order valence-electron chi connectivity index (χ3n) is 4.01. The predicted molar refractivity (Wildman–Crippen MR) is 94.8 cm³/mol. The van der Waals surface area contributed by atoms with Gasteiger partial charge in [-0.05, 0) is 18.1 Å². The van der Waals surface area contributed by atoms with E-state index in [1.54, 1.807) is 6.20 Å². The fourth-order valence-electron chi connectivity index (χ4n) is 2.64. The molecule has 2 heterocycles. The molecule has 0 radical (unpaired) electrons. The van der Waals surface area contributed by atoms with Crippen molar-refractivity contribution >= 4 is 6.03 Å². The average molecular weight is 338 g/mol. The van der Waals surface area contributed by atoms with Crippen molar-refractivity contribution in [1.29, 1.82) is 0 Å². The topological polar surface area (TPSA) is 87.6 Å². The SMILES string of the molecule is CCc1cc(CNC(=O)N[C@H](c2ccccc2)c2nccn2C)[nH]n1. The van der Waals surface area contributed by atoms with E-state index in [4.69, 9.17) is 0 Å². The van der Waals surface area contributed by atoms with Crippen LogP contribution in [0.15, 0.2) is 48.8 Å². The summed E-state index contributed by atoms with van der Waals surface area (Å²) < 4.78 is 1.90. The van der Waals surface area contributed by atoms with E-state index in [-0.39, 0.29) is 12.1 Å². The Morgan fingerprint density at radius 1 is 1.32 bits per heavy atom. The summed E-state index contributed by atoms with van der Waals surface area (Å²) in [5.41, 5.74) is 2.83. The average Bonchev–Trinajstić information content (AvgIpc) is 3.27. The van der Waals surface area contributed by atoms with E-state index in [1.807, 2.05) is 61.1 Å². The van der Waals surface area contributed by atoms with Crippen LogP contribution in [0, 0.1) is 0 Å². The van der Waals surface area contributed by atoms with Crippen LogP contribution in [0.1, 0.15) is 35.7 Å². The molecule has 0 saturated carbocycles. The lowest BCUT2D eigenvalue weighted by molar-refractivity contribution is 0.237. The molecule has 3 N–H and O–H groups in total. The first-order valence-electron chi connectivity index (χ1n) is 8.27. The Morgan fingerprint density at radius 2 is 2.12 bits per heavy atom. The molecular formula is C18H22N6O. The van der Waals surface area contributed by atoms with Gasteiger partial charge in [-0.3, -0.25) is 5.10 Å². The molecule has 3 aromatic rings. The first-order chi connectivity index (χ1) is 12.2. The van der Waals surface area contributed by atoms with Crippen LogP contribution in [0.2, 0.25) is 0 Å². The van der Waals surface area contributed by atoms with Crippen LogP contribution in [-0.4, -0.2) is 25.8 Å². The standard InChI is InChI=1S/C18H22N6O/c1-3-14-11-15(23-22-14)12-20-18(25)21-16(13-7-5-4-6-8-13)17-19-9-10-24(17)2/h4-11,16H,3,12H2,1-2H3,(H,22,23)(H2,20,21,25)/t16-/m1/s1. The van der Waals surface area contributed by atoms with Gasteiger partial charge in [-0.1, -0.05) is 37.3 Å². The number of nitrogens with zero attached hydrogens (tertiary/aromatic N) is 3. The molecule has 0 bridgehead atoms. The molecule has 0 aliphatic rings. The summed E-state index contributed by atoms with van der Waals surface area (Å²) in [6.45, 7) is 2.43. The molecule has 0 spiro atoms. The van der Waals surface area contributed by atoms with E-state index in [0.29, 0.717) is 6.54 Å². The number of aromatic amines is 1. The van der Waals surface area contributed by atoms with Crippen LogP contribution in [0.25, 0.3) is 0 Å². The summed E-state index contributed by atoms with van der Waals surface area (Å²) in [6, 6.07) is 11.2. The van der Waals surface area contributed by atoms with Gasteiger partial charge < -0.3 is 15.2 Å². The molecule has 7 heteroatoms. The van der Waals surface area contributed by atoms with Crippen LogP contribution >= 0.6 is 0 Å². The number of rotatable bonds is 6. The second-order valence-corrected chi connectivity index (χ2v) is 5.81. The van der Waals surface area contributed by atoms with E-state index in [2.05, 4.69) is 25.8 Å². The lowest BCUT2D eigenvalue weighted by atomic mass is 10.1. The van der Waals surface area contributed by atoms with E-state index >= 15 is 0 Å². The molecule has 7 nitrogen and oxygen atoms in total. The Labute approximate surface area is 146 Å². The smallest absolute Gasteiger partial charge is 0.315 e. The second-order valence-electron chi connectivity index (χ2n) is 5.81. The number of carbonyl (C=O) groups is 1. The highest BCUT2D eigenvalue weighted by atomic mass is 16.2. The molecule has 130 valence electrons. The molecule has 0 fully saturated rings. The molecule has 2 amide bonds. The number of aromatic nitrogens is 4. The molecular weight excluding hydrogens is 316 g/mol. The number of benzene rings is 1. The maximum atomic E-state index is 12.4. The van der Waals surface area contributed by atoms with Crippen LogP contribution in [-0.2, 0) is 20.0 Å². The van der Waals surface area contributed by atoms with Gasteiger partial charge >= 0.3 is 6.03 Å². The lowest BCUT2D eigenvalue weighted by Gasteiger charge is -2.19. The molecule has 0 saturated heterocycles. The summed E-state index contributed by atoms with van der Waals surface area (Å²) in [4.78, 5) is 16.8. The molecule has 1 aromatic carbocycles. The summed E-state index contributed by atoms with van der Waals surface area (Å²) >= 11 is 0. The minimum absolute atomic E-state index is 0.260. The van der Waals surface area contributed by atoms with E-state index in [9.17, 15) is 4.79 Å². The molecule has 1 atom stereocenters. The van der Waals surface area contributed by atoms with Crippen molar-refractivity contribution in [3.05, 3.63) is 71.6 Å². The quantitative estimate of drug-likeness (QED) is 0.644. The van der Waals surface area contributed by atoms with Crippen LogP contribution in [0.3, 0.4) is 0 Å². The number of imidazole rings is 1. The van der Waals surface area contributed by atoms with Crippen molar-refractivity contribution in [2.24, 2.45) is 7.05 Å². The van der Waals surface area contributed by atoms with Gasteiger partial charge in [0.15, 0.2) is 0 Å². The number of H-pyrrole nitrogens is 1. The number of aryl methyl sites for hydroxylation is 2. The third-order valence-corrected chi connectivity index (χ3v) is 4.01. The van der Waals surface area contributed by atoms with E-state index < -0.39 is 0 Å². The van der Waals surface area contributed by atoms with Crippen LogP contribution < -0.4 is 10.6 Å². The normalized spacial score (nSPS) is 11.9. The zero-order chi connectivity index (χ0) is 17.6. The number of urea groups is 1. The number of nitrogens with one attached hydrogen (secondary N) is 3. The molecule has 2 aromatic heterocycles. The van der Waals surface area contributed by atoms with Crippen molar-refractivity contribution in [2.45, 2.75) is 25.9 Å². The highest BCUT2D eigenvalue weighted by Crippen LogP contribution is 2.19. The van der Waals surface area contributed by atoms with Gasteiger partial charge in [0.1, 0.15) is 11.9 Å². The van der Waals surface area contributed by atoms with Gasteiger partial charge in [-0.2, -0.15) is 5.10 Å². The maximum absolute atomic E-state index is 12.4. The molecule has 0 aliphatic carbocycles. The first-order valence-corrected chi connectivity index (χ1v) is 8.27. The summed E-state index contributed by atoms with van der Waals surface area (Å²) in [5, 5.41) is 12.9. The van der Waals surface area contributed by atoms with Gasteiger partial charge in [0.25, 0.3) is 0 Å². The Hall–Kier alpha value is -3.09. The fraction of sp³-hybridized carbons (Fsp3) is 0.278. The first kappa shape index (κ1) is 16.8. The molecule has 0 aliphatic heterocycles. The zero-order valence-corrected chi connectivity index (χ0v) is 14.4. The van der Waals surface area contributed by atoms with Crippen molar-refractivity contribution in [3.8, 4) is 0 Å². The van der Waals surface area contributed by atoms with Crippen molar-refractivity contribution in [3.63, 3.8) is 0 Å². The van der Waals surface area contributed by atoms with Crippen LogP contribution in [0.5, 0.6) is 0 Å². The van der Waals surface area contributed by atoms with Gasteiger partial charge in [0, 0.05) is 19.4 Å². The summed E-state index contributed by atoms with van der Waals surface area (Å²) in [7, 11) is 1.91. The lowest BCUT2D eigenvalue weighted by Crippen LogP contribution is -2.39. The number of amides is 2. The Bertz CT molecular complexity index is 823. The van der Waals surface area contributed by atoms with Crippen LogP contribution in [0.4, 0.5) is 4.79 Å². The second kappa shape index (κ2) is 7.65. The van der Waals surface area contributed by atoms with Gasteiger partial charge in [0.05, 0.1) is 17.9 Å². The van der Waals surface area contributed by atoms with E-state index in [0.717, 1.165) is 29.2 Å². The zero-order valence-electron chi connectivity index (χ0n) is 14.4. The van der Waals surface area contributed by atoms with Gasteiger partial charge in [-0.15, -0.1) is 0 Å². The Balaban J connectivity index is 1.69. The van der Waals surface area contributed by atoms with Crippen molar-refractivity contribution in [1.82, 2.24) is 30.4 Å². The number of carbonyl (C=O) groups excluding carboxylic acids is 1. The van der Waals surface area contributed by atoms with Gasteiger partial charge in [0.2, 0.25) is 0 Å². The number of hydrogen-bond donors (Lipinski definition) is 3. The maximum Gasteiger partial charge on any atom is 0.315 e. The highest BCUT2D eigenvalue weighted by Gasteiger charge is 2.20. The van der Waals surface area contributed by atoms with E-state index in [1.165, 1.54) is 0 Å². The number of hydrogen-bond acceptors (Lipinski definition) is 3. The molecule has 0 unspecified atom stereocenters. The fourth-order valence-corrected chi connectivity index (χ4v) is 2.64. The Morgan fingerprint density at radius 3 is 2.76 bits per heavy atom. The minimum atomic E-state index is -0.325. The summed E-state index contributed by atoms with van der Waals surface area (Å²) in [6.07, 6.45) is 4.45. The third kappa shape index (κ3) is 4.06. The molecule has 3 rings (SSSR count). The van der Waals surface area contributed by atoms with Crippen molar-refractivity contribution < 1.29 is 4.79 Å². The Kier molecular flexibility index (Phi) is 5.13. The van der Waals surface area contributed by atoms with Crippen molar-refractivity contribution in [2.75, 3.05) is 0 Å². The summed E-state index contributed by atoms with van der Waals surface area (Å²) in [5.74, 6) is 0.774. The monoisotopic (exact) mass is 338 g/mol. The van der Waals surface area contributed by atoms with Gasteiger partial charge in [-0.25, -0.2) is 9.78 Å². The largest absolute Gasteiger partial charge is 0.336 e. The minimum Gasteiger partial charge on any atom is -0.336 e. The highest BCUT2D eigenvalue weighted by molar-refractivity contribution is 5.74.